The minimum atomic E-state index is -0.761. The van der Waals surface area contributed by atoms with Crippen molar-refractivity contribution in [3.05, 3.63) is 48.0 Å². The molecular formula is C15H17N3O2. The highest BCUT2D eigenvalue weighted by Gasteiger charge is 2.33. The van der Waals surface area contributed by atoms with Crippen LogP contribution in [0.1, 0.15) is 11.4 Å². The Hall–Kier alpha value is -2.30. The third kappa shape index (κ3) is 2.15. The smallest absolute Gasteiger partial charge is 0.326 e. The normalized spacial score (nSPS) is 17.2. The van der Waals surface area contributed by atoms with Crippen LogP contribution in [0, 0.1) is 6.92 Å². The molecular weight excluding hydrogens is 254 g/mol. The molecule has 0 aliphatic carbocycles. The molecule has 0 spiro atoms. The number of aryl methyl sites for hydroxylation is 1. The lowest BCUT2D eigenvalue weighted by molar-refractivity contribution is -0.138. The van der Waals surface area contributed by atoms with Crippen LogP contribution < -0.4 is 4.90 Å². The van der Waals surface area contributed by atoms with Crippen molar-refractivity contribution in [1.82, 2.24) is 9.55 Å². The van der Waals surface area contributed by atoms with Crippen molar-refractivity contribution in [3.8, 4) is 0 Å². The highest BCUT2D eigenvalue weighted by molar-refractivity contribution is 5.82. The van der Waals surface area contributed by atoms with E-state index in [4.69, 9.17) is 0 Å². The lowest BCUT2D eigenvalue weighted by atomic mass is 10.1. The summed E-state index contributed by atoms with van der Waals surface area (Å²) in [5.74, 6) is 0.188. The van der Waals surface area contributed by atoms with Crippen molar-refractivity contribution >= 4 is 11.7 Å². The number of carboxylic acid groups (broad SMARTS) is 1. The van der Waals surface area contributed by atoms with Gasteiger partial charge in [-0.15, -0.1) is 0 Å². The number of aromatic nitrogens is 2. The van der Waals surface area contributed by atoms with Gasteiger partial charge in [-0.1, -0.05) is 18.2 Å². The van der Waals surface area contributed by atoms with Crippen molar-refractivity contribution in [3.63, 3.8) is 0 Å². The van der Waals surface area contributed by atoms with Crippen LogP contribution in [0.15, 0.2) is 36.7 Å². The standard InChI is InChI=1S/C15H17N3O2/c1-11-16-6-7-17(11)8-9-18-13-5-3-2-4-12(13)10-14(18)15(19)20/h2-7,14H,8-10H2,1H3,(H,19,20). The zero-order valence-corrected chi connectivity index (χ0v) is 11.4. The van der Waals surface area contributed by atoms with Crippen LogP contribution in [-0.2, 0) is 17.8 Å². The Bertz CT molecular complexity index is 636. The Kier molecular flexibility index (Phi) is 3.18. The first-order chi connectivity index (χ1) is 9.66. The number of carbonyl (C=O) groups is 1. The molecule has 1 aromatic heterocycles. The fourth-order valence-electron chi connectivity index (χ4n) is 2.80. The van der Waals surface area contributed by atoms with E-state index in [0.717, 1.165) is 23.6 Å². The quantitative estimate of drug-likeness (QED) is 0.919. The van der Waals surface area contributed by atoms with Crippen LogP contribution in [-0.4, -0.2) is 33.2 Å². The second-order valence-electron chi connectivity index (χ2n) is 5.05. The number of aliphatic carboxylic acids is 1. The second kappa shape index (κ2) is 5.00. The molecule has 3 rings (SSSR count). The number of carboxylic acids is 1. The molecule has 0 fully saturated rings. The zero-order valence-electron chi connectivity index (χ0n) is 11.4. The van der Waals surface area contributed by atoms with Crippen LogP contribution in [0.3, 0.4) is 0 Å². The summed E-state index contributed by atoms with van der Waals surface area (Å²) in [6.07, 6.45) is 4.27. The third-order valence-corrected chi connectivity index (χ3v) is 3.88. The first kappa shape index (κ1) is 12.7. The Morgan fingerprint density at radius 2 is 2.20 bits per heavy atom. The van der Waals surface area contributed by atoms with Crippen molar-refractivity contribution in [2.45, 2.75) is 25.9 Å². The first-order valence-electron chi connectivity index (χ1n) is 6.72. The number of anilines is 1. The van der Waals surface area contributed by atoms with Gasteiger partial charge < -0.3 is 14.6 Å². The summed E-state index contributed by atoms with van der Waals surface area (Å²) in [6, 6.07) is 7.46. The molecule has 20 heavy (non-hydrogen) atoms. The van der Waals surface area contributed by atoms with Gasteiger partial charge in [-0.05, 0) is 18.6 Å². The number of para-hydroxylation sites is 1. The molecule has 0 radical (unpaired) electrons. The Morgan fingerprint density at radius 1 is 1.40 bits per heavy atom. The average Bonchev–Trinajstić information content (AvgIpc) is 3.00. The molecule has 2 heterocycles. The lowest BCUT2D eigenvalue weighted by Crippen LogP contribution is -2.40. The number of fused-ring (bicyclic) bond motifs is 1. The molecule has 0 saturated heterocycles. The van der Waals surface area contributed by atoms with E-state index < -0.39 is 12.0 Å². The fourth-order valence-corrected chi connectivity index (χ4v) is 2.80. The predicted molar refractivity (Wildman–Crippen MR) is 75.9 cm³/mol. The first-order valence-corrected chi connectivity index (χ1v) is 6.72. The number of nitrogens with zero attached hydrogens (tertiary/aromatic N) is 3. The molecule has 104 valence electrons. The summed E-state index contributed by atoms with van der Waals surface area (Å²) in [6.45, 7) is 3.36. The van der Waals surface area contributed by atoms with Crippen molar-refractivity contribution in [1.29, 1.82) is 0 Å². The van der Waals surface area contributed by atoms with Gasteiger partial charge in [0, 0.05) is 37.6 Å². The van der Waals surface area contributed by atoms with Gasteiger partial charge >= 0.3 is 5.97 Å². The van der Waals surface area contributed by atoms with E-state index in [-0.39, 0.29) is 0 Å². The molecule has 0 bridgehead atoms. The van der Waals surface area contributed by atoms with Gasteiger partial charge in [0.15, 0.2) is 0 Å². The molecule has 0 saturated carbocycles. The number of benzene rings is 1. The Labute approximate surface area is 117 Å². The SMILES string of the molecule is Cc1nccn1CCN1c2ccccc2CC1C(=O)O. The van der Waals surface area contributed by atoms with Gasteiger partial charge in [-0.3, -0.25) is 0 Å². The second-order valence-corrected chi connectivity index (χ2v) is 5.05. The van der Waals surface area contributed by atoms with E-state index in [0.29, 0.717) is 13.0 Å². The molecule has 1 unspecified atom stereocenters. The van der Waals surface area contributed by atoms with Gasteiger partial charge in [-0.25, -0.2) is 9.78 Å². The van der Waals surface area contributed by atoms with Crippen LogP contribution >= 0.6 is 0 Å². The molecule has 1 aromatic carbocycles. The van der Waals surface area contributed by atoms with Crippen LogP contribution in [0.2, 0.25) is 0 Å². The lowest BCUT2D eigenvalue weighted by Gasteiger charge is -2.25. The largest absolute Gasteiger partial charge is 0.480 e. The number of imidazole rings is 1. The maximum absolute atomic E-state index is 11.4. The van der Waals surface area contributed by atoms with E-state index in [2.05, 4.69) is 4.98 Å². The van der Waals surface area contributed by atoms with E-state index in [1.165, 1.54) is 0 Å². The molecule has 5 heteroatoms. The van der Waals surface area contributed by atoms with Gasteiger partial charge in [0.25, 0.3) is 0 Å². The Morgan fingerprint density at radius 3 is 2.90 bits per heavy atom. The predicted octanol–water partition coefficient (Wildman–Crippen LogP) is 1.71. The summed E-state index contributed by atoms with van der Waals surface area (Å²) in [4.78, 5) is 17.6. The van der Waals surface area contributed by atoms with Crippen LogP contribution in [0.5, 0.6) is 0 Å². The van der Waals surface area contributed by atoms with Gasteiger partial charge in [0.1, 0.15) is 11.9 Å². The average molecular weight is 271 g/mol. The van der Waals surface area contributed by atoms with E-state index >= 15 is 0 Å². The van der Waals surface area contributed by atoms with Gasteiger partial charge in [0.05, 0.1) is 0 Å². The highest BCUT2D eigenvalue weighted by atomic mass is 16.4. The Balaban J connectivity index is 1.82. The maximum Gasteiger partial charge on any atom is 0.326 e. The third-order valence-electron chi connectivity index (χ3n) is 3.88. The molecule has 1 atom stereocenters. The zero-order chi connectivity index (χ0) is 14.1. The van der Waals surface area contributed by atoms with Gasteiger partial charge in [-0.2, -0.15) is 0 Å². The van der Waals surface area contributed by atoms with Crippen molar-refractivity contribution in [2.24, 2.45) is 0 Å². The number of rotatable bonds is 4. The van der Waals surface area contributed by atoms with Crippen LogP contribution in [0.25, 0.3) is 0 Å². The summed E-state index contributed by atoms with van der Waals surface area (Å²) in [7, 11) is 0. The summed E-state index contributed by atoms with van der Waals surface area (Å²) < 4.78 is 2.04. The molecule has 1 aliphatic heterocycles. The van der Waals surface area contributed by atoms with Crippen LogP contribution in [0.4, 0.5) is 5.69 Å². The van der Waals surface area contributed by atoms with Crippen molar-refractivity contribution in [2.75, 3.05) is 11.4 Å². The van der Waals surface area contributed by atoms with Crippen molar-refractivity contribution < 1.29 is 9.90 Å². The monoisotopic (exact) mass is 271 g/mol. The summed E-state index contributed by atoms with van der Waals surface area (Å²) >= 11 is 0. The molecule has 5 nitrogen and oxygen atoms in total. The fraction of sp³-hybridized carbons (Fsp3) is 0.333. The molecule has 1 N–H and O–H groups in total. The molecule has 1 aliphatic rings. The topological polar surface area (TPSA) is 58.4 Å². The minimum Gasteiger partial charge on any atom is -0.480 e. The number of hydrogen-bond acceptors (Lipinski definition) is 3. The van der Waals surface area contributed by atoms with E-state index in [9.17, 15) is 9.90 Å². The van der Waals surface area contributed by atoms with E-state index in [1.807, 2.05) is 46.9 Å². The summed E-state index contributed by atoms with van der Waals surface area (Å²) in [5.41, 5.74) is 2.15. The minimum absolute atomic E-state index is 0.462. The van der Waals surface area contributed by atoms with E-state index in [1.54, 1.807) is 6.20 Å². The highest BCUT2D eigenvalue weighted by Crippen LogP contribution is 2.31. The summed E-state index contributed by atoms with van der Waals surface area (Å²) in [5, 5.41) is 9.41. The number of hydrogen-bond donors (Lipinski definition) is 1. The van der Waals surface area contributed by atoms with Gasteiger partial charge in [0.2, 0.25) is 0 Å². The molecule has 0 amide bonds. The molecule has 2 aromatic rings. The maximum atomic E-state index is 11.4.